The van der Waals surface area contributed by atoms with E-state index in [1.165, 1.54) is 0 Å². The summed E-state index contributed by atoms with van der Waals surface area (Å²) in [5.41, 5.74) is 0. The van der Waals surface area contributed by atoms with Gasteiger partial charge in [0.25, 0.3) is 0 Å². The molecule has 1 N–H and O–H groups in total. The van der Waals surface area contributed by atoms with Gasteiger partial charge in [-0.15, -0.1) is 0 Å². The van der Waals surface area contributed by atoms with Gasteiger partial charge in [-0.3, -0.25) is 4.79 Å². The molecule has 1 heterocycles. The van der Waals surface area contributed by atoms with Crippen LogP contribution in [0.15, 0.2) is 0 Å². The van der Waals surface area contributed by atoms with E-state index in [-0.39, 0.29) is 18.4 Å². The second-order valence-corrected chi connectivity index (χ2v) is 4.06. The molecular weight excluding hydrogens is 166 g/mol. The van der Waals surface area contributed by atoms with Crippen LogP contribution in [-0.2, 0) is 4.79 Å². The van der Waals surface area contributed by atoms with Crippen LogP contribution in [0.5, 0.6) is 0 Å². The molecule has 0 saturated carbocycles. The Balaban J connectivity index is 2.39. The van der Waals surface area contributed by atoms with E-state index in [1.54, 1.807) is 0 Å². The van der Waals surface area contributed by atoms with Crippen LogP contribution in [0, 0.1) is 11.8 Å². The normalized spacial score (nSPS) is 25.3. The van der Waals surface area contributed by atoms with Crippen molar-refractivity contribution in [3.63, 3.8) is 0 Å². The summed E-state index contributed by atoms with van der Waals surface area (Å²) in [5, 5.41) is 8.91. The van der Waals surface area contributed by atoms with Gasteiger partial charge in [0.15, 0.2) is 0 Å². The Morgan fingerprint density at radius 1 is 1.69 bits per heavy atom. The topological polar surface area (TPSA) is 40.5 Å². The van der Waals surface area contributed by atoms with Crippen LogP contribution in [0.3, 0.4) is 0 Å². The number of amides is 1. The molecule has 13 heavy (non-hydrogen) atoms. The van der Waals surface area contributed by atoms with Crippen molar-refractivity contribution in [3.05, 3.63) is 0 Å². The average molecular weight is 185 g/mol. The Bertz CT molecular complexity index is 182. The minimum atomic E-state index is 0.142. The van der Waals surface area contributed by atoms with Gasteiger partial charge in [0.1, 0.15) is 0 Å². The molecule has 1 rings (SSSR count). The number of rotatable bonds is 4. The summed E-state index contributed by atoms with van der Waals surface area (Å²) in [6.45, 7) is 6.03. The molecule has 3 nitrogen and oxygen atoms in total. The quantitative estimate of drug-likeness (QED) is 0.706. The fourth-order valence-corrected chi connectivity index (χ4v) is 1.66. The van der Waals surface area contributed by atoms with Crippen molar-refractivity contribution in [2.24, 2.45) is 11.8 Å². The molecule has 76 valence electrons. The second kappa shape index (κ2) is 4.61. The lowest BCUT2D eigenvalue weighted by Crippen LogP contribution is -2.30. The fourth-order valence-electron chi connectivity index (χ4n) is 1.66. The van der Waals surface area contributed by atoms with Crippen LogP contribution in [0.2, 0.25) is 0 Å². The smallest absolute Gasteiger partial charge is 0.223 e. The molecule has 1 fully saturated rings. The molecule has 0 aromatic carbocycles. The predicted molar refractivity (Wildman–Crippen MR) is 51.2 cm³/mol. The molecule has 0 aromatic heterocycles. The maximum atomic E-state index is 11.4. The fraction of sp³-hybridized carbons (Fsp3) is 0.900. The number of aliphatic hydroxyl groups excluding tert-OH is 1. The third kappa shape index (κ3) is 2.69. The van der Waals surface area contributed by atoms with E-state index in [1.807, 2.05) is 4.90 Å². The molecule has 1 saturated heterocycles. The first-order valence-corrected chi connectivity index (χ1v) is 5.06. The number of hydrogen-bond acceptors (Lipinski definition) is 2. The molecule has 2 atom stereocenters. The van der Waals surface area contributed by atoms with Gasteiger partial charge in [-0.1, -0.05) is 20.3 Å². The second-order valence-electron chi connectivity index (χ2n) is 4.06. The Morgan fingerprint density at radius 2 is 2.38 bits per heavy atom. The van der Waals surface area contributed by atoms with Crippen molar-refractivity contribution in [1.82, 2.24) is 4.90 Å². The van der Waals surface area contributed by atoms with Gasteiger partial charge >= 0.3 is 0 Å². The van der Waals surface area contributed by atoms with Crippen LogP contribution < -0.4 is 0 Å². The van der Waals surface area contributed by atoms with E-state index < -0.39 is 0 Å². The molecule has 0 aromatic rings. The van der Waals surface area contributed by atoms with E-state index in [0.29, 0.717) is 12.3 Å². The minimum Gasteiger partial charge on any atom is -0.396 e. The molecule has 1 aliphatic rings. The Labute approximate surface area is 79.7 Å². The number of carbonyl (C=O) groups excluding carboxylic acids is 1. The van der Waals surface area contributed by atoms with Crippen LogP contribution in [-0.4, -0.2) is 35.6 Å². The molecule has 1 aliphatic heterocycles. The van der Waals surface area contributed by atoms with Gasteiger partial charge in [-0.2, -0.15) is 0 Å². The third-order valence-corrected chi connectivity index (χ3v) is 2.78. The van der Waals surface area contributed by atoms with Crippen molar-refractivity contribution in [2.75, 3.05) is 19.7 Å². The summed E-state index contributed by atoms with van der Waals surface area (Å²) in [4.78, 5) is 13.3. The molecule has 0 spiro atoms. The van der Waals surface area contributed by atoms with Crippen LogP contribution in [0.4, 0.5) is 0 Å². The first-order chi connectivity index (χ1) is 6.17. The number of likely N-dealkylation sites (tertiary alicyclic amines) is 1. The average Bonchev–Trinajstić information content (AvgIpc) is 2.47. The SMILES string of the molecule is CCC(C)CN1CC(CO)CC1=O. The highest BCUT2D eigenvalue weighted by atomic mass is 16.3. The summed E-state index contributed by atoms with van der Waals surface area (Å²) in [6.07, 6.45) is 1.64. The molecule has 1 amide bonds. The number of hydrogen-bond donors (Lipinski definition) is 1. The standard InChI is InChI=1S/C10H19NO2/c1-3-8(2)5-11-6-9(7-12)4-10(11)13/h8-9,12H,3-7H2,1-2H3. The van der Waals surface area contributed by atoms with Crippen molar-refractivity contribution >= 4 is 5.91 Å². The number of nitrogens with zero attached hydrogens (tertiary/aromatic N) is 1. The van der Waals surface area contributed by atoms with Gasteiger partial charge in [0.2, 0.25) is 5.91 Å². The van der Waals surface area contributed by atoms with E-state index in [0.717, 1.165) is 19.5 Å². The Morgan fingerprint density at radius 3 is 2.85 bits per heavy atom. The Hall–Kier alpha value is -0.570. The summed E-state index contributed by atoms with van der Waals surface area (Å²) in [7, 11) is 0. The lowest BCUT2D eigenvalue weighted by molar-refractivity contribution is -0.128. The maximum Gasteiger partial charge on any atom is 0.223 e. The lowest BCUT2D eigenvalue weighted by atomic mass is 10.1. The van der Waals surface area contributed by atoms with E-state index in [2.05, 4.69) is 13.8 Å². The third-order valence-electron chi connectivity index (χ3n) is 2.78. The largest absolute Gasteiger partial charge is 0.396 e. The van der Waals surface area contributed by atoms with Gasteiger partial charge in [0, 0.05) is 32.0 Å². The number of aliphatic hydroxyl groups is 1. The molecule has 3 heteroatoms. The minimum absolute atomic E-state index is 0.142. The van der Waals surface area contributed by atoms with Crippen molar-refractivity contribution < 1.29 is 9.90 Å². The highest BCUT2D eigenvalue weighted by molar-refractivity contribution is 5.78. The zero-order valence-corrected chi connectivity index (χ0v) is 8.49. The zero-order chi connectivity index (χ0) is 9.84. The van der Waals surface area contributed by atoms with Crippen molar-refractivity contribution in [1.29, 1.82) is 0 Å². The molecule has 0 bridgehead atoms. The summed E-state index contributed by atoms with van der Waals surface area (Å²) < 4.78 is 0. The number of carbonyl (C=O) groups is 1. The van der Waals surface area contributed by atoms with Crippen LogP contribution in [0.1, 0.15) is 26.7 Å². The monoisotopic (exact) mass is 185 g/mol. The summed E-state index contributed by atoms with van der Waals surface area (Å²) >= 11 is 0. The lowest BCUT2D eigenvalue weighted by Gasteiger charge is -2.20. The van der Waals surface area contributed by atoms with Crippen LogP contribution >= 0.6 is 0 Å². The van der Waals surface area contributed by atoms with E-state index in [4.69, 9.17) is 5.11 Å². The first kappa shape index (κ1) is 10.5. The maximum absolute atomic E-state index is 11.4. The predicted octanol–water partition coefficient (Wildman–Crippen LogP) is 0.873. The molecular formula is C10H19NO2. The molecule has 2 unspecified atom stereocenters. The first-order valence-electron chi connectivity index (χ1n) is 5.06. The van der Waals surface area contributed by atoms with Crippen LogP contribution in [0.25, 0.3) is 0 Å². The highest BCUT2D eigenvalue weighted by Gasteiger charge is 2.29. The summed E-state index contributed by atoms with van der Waals surface area (Å²) in [6, 6.07) is 0. The summed E-state index contributed by atoms with van der Waals surface area (Å²) in [5.74, 6) is 0.956. The van der Waals surface area contributed by atoms with Gasteiger partial charge in [-0.25, -0.2) is 0 Å². The zero-order valence-electron chi connectivity index (χ0n) is 8.49. The highest BCUT2D eigenvalue weighted by Crippen LogP contribution is 2.18. The van der Waals surface area contributed by atoms with Gasteiger partial charge < -0.3 is 10.0 Å². The van der Waals surface area contributed by atoms with E-state index >= 15 is 0 Å². The van der Waals surface area contributed by atoms with Crippen molar-refractivity contribution in [2.45, 2.75) is 26.7 Å². The molecule has 0 aliphatic carbocycles. The Kier molecular flexibility index (Phi) is 3.72. The van der Waals surface area contributed by atoms with E-state index in [9.17, 15) is 4.79 Å². The molecule has 0 radical (unpaired) electrons. The van der Waals surface area contributed by atoms with Gasteiger partial charge in [-0.05, 0) is 5.92 Å². The van der Waals surface area contributed by atoms with Crippen molar-refractivity contribution in [3.8, 4) is 0 Å². The van der Waals surface area contributed by atoms with Gasteiger partial charge in [0.05, 0.1) is 0 Å².